The smallest absolute Gasteiger partial charge is 0.353 e. The second-order valence-corrected chi connectivity index (χ2v) is 4.42. The predicted molar refractivity (Wildman–Crippen MR) is 66.5 cm³/mol. The third-order valence-corrected chi connectivity index (χ3v) is 2.36. The van der Waals surface area contributed by atoms with Crippen molar-refractivity contribution in [2.24, 2.45) is 0 Å². The minimum absolute atomic E-state index is 0.0306. The number of anilines is 1. The van der Waals surface area contributed by atoms with Crippen molar-refractivity contribution < 1.29 is 26.3 Å². The van der Waals surface area contributed by atoms with Crippen LogP contribution in [0, 0.1) is 6.92 Å². The van der Waals surface area contributed by atoms with Crippen LogP contribution in [-0.2, 0) is 6.18 Å². The van der Waals surface area contributed by atoms with Crippen LogP contribution < -0.4 is 10.6 Å². The Labute approximate surface area is 116 Å². The van der Waals surface area contributed by atoms with E-state index >= 15 is 0 Å². The molecule has 1 rings (SSSR count). The topological polar surface area (TPSA) is 24.1 Å². The first-order valence-corrected chi connectivity index (χ1v) is 5.69. The third kappa shape index (κ3) is 5.64. The van der Waals surface area contributed by atoms with Crippen LogP contribution in [0.4, 0.5) is 32.0 Å². The highest BCUT2D eigenvalue weighted by Gasteiger charge is 2.31. The summed E-state index contributed by atoms with van der Waals surface area (Å²) in [5.74, 6) is 0. The zero-order valence-corrected chi connectivity index (χ0v) is 10.9. The van der Waals surface area contributed by atoms with Crippen molar-refractivity contribution in [3.05, 3.63) is 29.3 Å². The number of alkyl halides is 6. The molecular formula is C11H10F6N2S. The number of nitrogens with one attached hydrogen (secondary N) is 2. The molecule has 2 nitrogen and oxygen atoms in total. The van der Waals surface area contributed by atoms with E-state index in [2.05, 4.69) is 17.5 Å². The third-order valence-electron chi connectivity index (χ3n) is 2.11. The van der Waals surface area contributed by atoms with Crippen LogP contribution in [-0.4, -0.2) is 17.8 Å². The van der Waals surface area contributed by atoms with Gasteiger partial charge in [0.05, 0.1) is 5.56 Å². The molecule has 0 aromatic heterocycles. The van der Waals surface area contributed by atoms with E-state index in [1.807, 2.05) is 5.32 Å². The van der Waals surface area contributed by atoms with Crippen LogP contribution >= 0.6 is 12.2 Å². The maximum absolute atomic E-state index is 12.6. The lowest BCUT2D eigenvalue weighted by atomic mass is 10.1. The second-order valence-electron chi connectivity index (χ2n) is 4.01. The molecule has 0 amide bonds. The van der Waals surface area contributed by atoms with E-state index in [1.165, 1.54) is 13.0 Å². The Balaban J connectivity index is 2.78. The quantitative estimate of drug-likeness (QED) is 0.640. The molecule has 0 bridgehead atoms. The summed E-state index contributed by atoms with van der Waals surface area (Å²) >= 11 is 4.58. The maximum atomic E-state index is 12.6. The van der Waals surface area contributed by atoms with Crippen molar-refractivity contribution >= 4 is 23.0 Å². The largest absolute Gasteiger partial charge is 0.416 e. The first kappa shape index (κ1) is 16.5. The zero-order valence-electron chi connectivity index (χ0n) is 10.1. The molecule has 2 N–H and O–H groups in total. The fourth-order valence-corrected chi connectivity index (χ4v) is 1.56. The normalized spacial score (nSPS) is 12.2. The molecule has 9 heteroatoms. The van der Waals surface area contributed by atoms with Crippen LogP contribution in [0.25, 0.3) is 0 Å². The van der Waals surface area contributed by atoms with Gasteiger partial charge in [0.2, 0.25) is 0 Å². The Morgan fingerprint density at radius 3 is 2.20 bits per heavy atom. The molecule has 0 radical (unpaired) electrons. The Hall–Kier alpha value is -1.51. The van der Waals surface area contributed by atoms with E-state index in [4.69, 9.17) is 0 Å². The summed E-state index contributed by atoms with van der Waals surface area (Å²) in [5.41, 5.74) is -0.628. The maximum Gasteiger partial charge on any atom is 0.416 e. The van der Waals surface area contributed by atoms with E-state index < -0.39 is 29.6 Å². The van der Waals surface area contributed by atoms with Gasteiger partial charge >= 0.3 is 12.4 Å². The van der Waals surface area contributed by atoms with E-state index in [0.29, 0.717) is 5.56 Å². The van der Waals surface area contributed by atoms with E-state index in [0.717, 1.165) is 12.1 Å². The van der Waals surface area contributed by atoms with Crippen molar-refractivity contribution in [2.75, 3.05) is 11.9 Å². The molecule has 0 aliphatic carbocycles. The van der Waals surface area contributed by atoms with Crippen molar-refractivity contribution in [3.63, 3.8) is 0 Å². The summed E-state index contributed by atoms with van der Waals surface area (Å²) in [5, 5.41) is 3.75. The lowest BCUT2D eigenvalue weighted by molar-refractivity contribution is -0.137. The minimum Gasteiger partial charge on any atom is -0.353 e. The van der Waals surface area contributed by atoms with E-state index in [9.17, 15) is 26.3 Å². The van der Waals surface area contributed by atoms with Gasteiger partial charge in [-0.15, -0.1) is 0 Å². The highest BCUT2D eigenvalue weighted by Crippen LogP contribution is 2.31. The highest BCUT2D eigenvalue weighted by molar-refractivity contribution is 7.80. The van der Waals surface area contributed by atoms with Crippen molar-refractivity contribution in [1.29, 1.82) is 0 Å². The van der Waals surface area contributed by atoms with Gasteiger partial charge in [0.1, 0.15) is 6.54 Å². The first-order chi connectivity index (χ1) is 8.97. The lowest BCUT2D eigenvalue weighted by Crippen LogP contribution is -2.36. The van der Waals surface area contributed by atoms with Gasteiger partial charge in [0.25, 0.3) is 0 Å². The van der Waals surface area contributed by atoms with Crippen LogP contribution in [0.2, 0.25) is 0 Å². The van der Waals surface area contributed by atoms with Gasteiger partial charge in [-0.1, -0.05) is 0 Å². The van der Waals surface area contributed by atoms with Gasteiger partial charge in [0.15, 0.2) is 5.11 Å². The number of hydrogen-bond acceptors (Lipinski definition) is 1. The minimum atomic E-state index is -4.54. The van der Waals surface area contributed by atoms with Crippen molar-refractivity contribution in [2.45, 2.75) is 19.3 Å². The van der Waals surface area contributed by atoms with Crippen LogP contribution in [0.15, 0.2) is 18.2 Å². The van der Waals surface area contributed by atoms with Gasteiger partial charge in [-0.25, -0.2) is 0 Å². The van der Waals surface area contributed by atoms with Gasteiger partial charge in [0, 0.05) is 5.69 Å². The molecule has 0 aliphatic heterocycles. The number of halogens is 6. The molecule has 0 heterocycles. The number of thiocarbonyl (C=S) groups is 1. The number of rotatable bonds is 2. The molecule has 0 saturated carbocycles. The first-order valence-electron chi connectivity index (χ1n) is 5.28. The van der Waals surface area contributed by atoms with Crippen LogP contribution in [0.3, 0.4) is 0 Å². The van der Waals surface area contributed by atoms with Crippen molar-refractivity contribution in [3.8, 4) is 0 Å². The van der Waals surface area contributed by atoms with Gasteiger partial charge in [-0.2, -0.15) is 26.3 Å². The second kappa shape index (κ2) is 5.86. The van der Waals surface area contributed by atoms with Crippen LogP contribution in [0.1, 0.15) is 11.1 Å². The molecule has 1 aromatic carbocycles. The summed E-state index contributed by atoms with van der Waals surface area (Å²) < 4.78 is 73.5. The van der Waals surface area contributed by atoms with Crippen LogP contribution in [0.5, 0.6) is 0 Å². The summed E-state index contributed by atoms with van der Waals surface area (Å²) in [4.78, 5) is 0. The highest BCUT2D eigenvalue weighted by atomic mass is 32.1. The molecule has 0 spiro atoms. The molecule has 0 atom stereocenters. The number of aryl methyl sites for hydroxylation is 1. The Morgan fingerprint density at radius 2 is 1.70 bits per heavy atom. The molecular weight excluding hydrogens is 306 g/mol. The fourth-order valence-electron chi connectivity index (χ4n) is 1.37. The standard InChI is InChI=1S/C11H10F6N2S/c1-6-2-7(11(15,16)17)4-8(3-6)19-9(20)18-5-10(12,13)14/h2-4H,5H2,1H3,(H2,18,19,20). The SMILES string of the molecule is Cc1cc(NC(=S)NCC(F)(F)F)cc(C(F)(F)F)c1. The summed E-state index contributed by atoms with van der Waals surface area (Å²) in [6.07, 6.45) is -9.00. The zero-order chi connectivity index (χ0) is 15.6. The fraction of sp³-hybridized carbons (Fsp3) is 0.364. The summed E-state index contributed by atoms with van der Waals surface area (Å²) in [6.45, 7) is 0.0728. The molecule has 0 aliphatic rings. The average molecular weight is 316 g/mol. The van der Waals surface area contributed by atoms with Gasteiger partial charge in [-0.05, 0) is 42.9 Å². The summed E-state index contributed by atoms with van der Waals surface area (Å²) in [7, 11) is 0. The van der Waals surface area contributed by atoms with E-state index in [1.54, 1.807) is 0 Å². The van der Waals surface area contributed by atoms with Gasteiger partial charge < -0.3 is 10.6 Å². The molecule has 1 aromatic rings. The monoisotopic (exact) mass is 316 g/mol. The molecule has 112 valence electrons. The molecule has 0 unspecified atom stereocenters. The Bertz CT molecular complexity index is 495. The molecule has 20 heavy (non-hydrogen) atoms. The molecule has 0 fully saturated rings. The van der Waals surface area contributed by atoms with Crippen molar-refractivity contribution in [1.82, 2.24) is 5.32 Å². The summed E-state index contributed by atoms with van der Waals surface area (Å²) in [6, 6.07) is 3.04. The Kier molecular flexibility index (Phi) is 4.85. The molecule has 0 saturated heterocycles. The predicted octanol–water partition coefficient (Wildman–Crippen LogP) is 3.86. The average Bonchev–Trinajstić information content (AvgIpc) is 2.23. The number of hydrogen-bond donors (Lipinski definition) is 2. The number of benzene rings is 1. The van der Waals surface area contributed by atoms with Gasteiger partial charge in [-0.3, -0.25) is 0 Å². The Morgan fingerprint density at radius 1 is 1.10 bits per heavy atom. The van der Waals surface area contributed by atoms with E-state index in [-0.39, 0.29) is 5.69 Å². The lowest BCUT2D eigenvalue weighted by Gasteiger charge is -2.14.